The normalized spacial score (nSPS) is 17.6. The van der Waals surface area contributed by atoms with Gasteiger partial charge >= 0.3 is 0 Å². The smallest absolute Gasteiger partial charge is 0.218 e. The number of pyridine rings is 1. The molecule has 1 aliphatic rings. The van der Waals surface area contributed by atoms with Gasteiger partial charge in [0.1, 0.15) is 12.3 Å². The molecule has 0 aromatic carbocycles. The summed E-state index contributed by atoms with van der Waals surface area (Å²) in [4.78, 5) is 7.42. The van der Waals surface area contributed by atoms with Crippen LogP contribution in [-0.2, 0) is 0 Å². The molecular weight excluding hydrogens is 204 g/mol. The van der Waals surface area contributed by atoms with E-state index in [1.807, 2.05) is 25.3 Å². The summed E-state index contributed by atoms with van der Waals surface area (Å²) in [5.41, 5.74) is 1.22. The molecule has 0 unspecified atom stereocenters. The lowest BCUT2D eigenvalue weighted by atomic mass is 10.2. The van der Waals surface area contributed by atoms with Crippen LogP contribution in [0.5, 0.6) is 5.88 Å². The van der Waals surface area contributed by atoms with E-state index in [0.717, 1.165) is 29.4 Å². The average Bonchev–Trinajstić information content (AvgIpc) is 2.82. The summed E-state index contributed by atoms with van der Waals surface area (Å²) in [6.45, 7) is 2.30. The fraction of sp³-hybridized carbons (Fsp3) is 0.417. The van der Waals surface area contributed by atoms with Crippen LogP contribution >= 0.6 is 0 Å². The average molecular weight is 218 g/mol. The topological polar surface area (TPSA) is 58.1 Å². The summed E-state index contributed by atoms with van der Waals surface area (Å²) in [7, 11) is 0. The van der Waals surface area contributed by atoms with Crippen LogP contribution in [0, 0.1) is 6.92 Å². The lowest BCUT2D eigenvalue weighted by Gasteiger charge is -2.11. The van der Waals surface area contributed by atoms with Gasteiger partial charge in [-0.1, -0.05) is 0 Å². The molecule has 3 rings (SSSR count). The number of aromatic nitrogens is 2. The highest BCUT2D eigenvalue weighted by Gasteiger charge is 2.41. The van der Waals surface area contributed by atoms with Crippen molar-refractivity contribution < 1.29 is 9.84 Å². The van der Waals surface area contributed by atoms with Gasteiger partial charge in [0.25, 0.3) is 0 Å². The molecule has 1 aliphatic carbocycles. The van der Waals surface area contributed by atoms with E-state index in [-0.39, 0.29) is 0 Å². The van der Waals surface area contributed by atoms with Crippen LogP contribution in [0.3, 0.4) is 0 Å². The molecule has 0 spiro atoms. The number of nitrogens with one attached hydrogen (secondary N) is 1. The number of aromatic amines is 1. The van der Waals surface area contributed by atoms with Gasteiger partial charge in [-0.25, -0.2) is 0 Å². The summed E-state index contributed by atoms with van der Waals surface area (Å²) >= 11 is 0. The van der Waals surface area contributed by atoms with E-state index in [1.54, 1.807) is 0 Å². The third-order valence-corrected chi connectivity index (χ3v) is 2.98. The Morgan fingerprint density at radius 2 is 2.38 bits per heavy atom. The lowest BCUT2D eigenvalue weighted by molar-refractivity contribution is 0.0831. The second-order valence-corrected chi connectivity index (χ2v) is 4.54. The Hall–Kier alpha value is -1.55. The second kappa shape index (κ2) is 3.22. The van der Waals surface area contributed by atoms with Crippen molar-refractivity contribution in [1.82, 2.24) is 9.97 Å². The van der Waals surface area contributed by atoms with Crippen molar-refractivity contribution in [3.63, 3.8) is 0 Å². The van der Waals surface area contributed by atoms with E-state index >= 15 is 0 Å². The van der Waals surface area contributed by atoms with Gasteiger partial charge in [-0.2, -0.15) is 4.98 Å². The van der Waals surface area contributed by atoms with E-state index in [4.69, 9.17) is 4.74 Å². The maximum atomic E-state index is 9.69. The molecule has 2 aromatic rings. The maximum Gasteiger partial charge on any atom is 0.218 e. The van der Waals surface area contributed by atoms with Crippen molar-refractivity contribution in [2.24, 2.45) is 0 Å². The first-order valence-electron chi connectivity index (χ1n) is 5.46. The molecule has 0 aliphatic heterocycles. The Labute approximate surface area is 93.3 Å². The zero-order valence-electron chi connectivity index (χ0n) is 9.16. The minimum atomic E-state index is -0.598. The monoisotopic (exact) mass is 218 g/mol. The quantitative estimate of drug-likeness (QED) is 0.825. The van der Waals surface area contributed by atoms with Crippen molar-refractivity contribution in [1.29, 1.82) is 0 Å². The number of fused-ring (bicyclic) bond motifs is 1. The SMILES string of the molecule is Cc1cc2cc[nH]c2nc1OCC1(O)CC1. The number of nitrogens with zero attached hydrogens (tertiary/aromatic N) is 1. The number of hydrogen-bond donors (Lipinski definition) is 2. The lowest BCUT2D eigenvalue weighted by Crippen LogP contribution is -2.19. The highest BCUT2D eigenvalue weighted by Crippen LogP contribution is 2.35. The maximum absolute atomic E-state index is 9.69. The minimum absolute atomic E-state index is 0.340. The fourth-order valence-electron chi connectivity index (χ4n) is 1.71. The Balaban J connectivity index is 1.87. The van der Waals surface area contributed by atoms with E-state index in [0.29, 0.717) is 12.5 Å². The number of ether oxygens (including phenoxy) is 1. The Morgan fingerprint density at radius 1 is 1.56 bits per heavy atom. The zero-order valence-corrected chi connectivity index (χ0v) is 9.16. The second-order valence-electron chi connectivity index (χ2n) is 4.54. The first kappa shape index (κ1) is 9.66. The molecule has 0 amide bonds. The third kappa shape index (κ3) is 1.65. The predicted molar refractivity (Wildman–Crippen MR) is 60.5 cm³/mol. The third-order valence-electron chi connectivity index (χ3n) is 2.98. The molecule has 2 N–H and O–H groups in total. The zero-order chi connectivity index (χ0) is 11.2. The van der Waals surface area contributed by atoms with E-state index in [9.17, 15) is 5.11 Å². The van der Waals surface area contributed by atoms with E-state index in [2.05, 4.69) is 9.97 Å². The number of aryl methyl sites for hydroxylation is 1. The Morgan fingerprint density at radius 3 is 3.12 bits per heavy atom. The molecule has 4 nitrogen and oxygen atoms in total. The Kier molecular flexibility index (Phi) is 1.94. The van der Waals surface area contributed by atoms with Crippen LogP contribution in [0.25, 0.3) is 11.0 Å². The van der Waals surface area contributed by atoms with Crippen LogP contribution in [0.1, 0.15) is 18.4 Å². The molecule has 0 bridgehead atoms. The summed E-state index contributed by atoms with van der Waals surface area (Å²) in [6, 6.07) is 4.01. The molecular formula is C12H14N2O2. The van der Waals surface area contributed by atoms with Crippen LogP contribution in [0.2, 0.25) is 0 Å². The summed E-state index contributed by atoms with van der Waals surface area (Å²) < 4.78 is 5.56. The predicted octanol–water partition coefficient (Wildman–Crippen LogP) is 1.78. The molecule has 0 atom stereocenters. The molecule has 0 radical (unpaired) electrons. The first-order chi connectivity index (χ1) is 7.66. The van der Waals surface area contributed by atoms with Crippen LogP contribution in [-0.4, -0.2) is 27.3 Å². The molecule has 2 aromatic heterocycles. The largest absolute Gasteiger partial charge is 0.474 e. The van der Waals surface area contributed by atoms with Gasteiger partial charge in [0.15, 0.2) is 0 Å². The molecule has 1 fully saturated rings. The molecule has 2 heterocycles. The fourth-order valence-corrected chi connectivity index (χ4v) is 1.71. The van der Waals surface area contributed by atoms with Crippen molar-refractivity contribution in [3.8, 4) is 5.88 Å². The van der Waals surface area contributed by atoms with E-state index < -0.39 is 5.60 Å². The number of aliphatic hydroxyl groups is 1. The van der Waals surface area contributed by atoms with Crippen LogP contribution < -0.4 is 4.74 Å². The van der Waals surface area contributed by atoms with Gasteiger partial charge in [0.05, 0.1) is 5.60 Å². The number of hydrogen-bond acceptors (Lipinski definition) is 3. The molecule has 1 saturated carbocycles. The van der Waals surface area contributed by atoms with Crippen molar-refractivity contribution in [2.45, 2.75) is 25.4 Å². The molecule has 84 valence electrons. The van der Waals surface area contributed by atoms with Gasteiger partial charge in [0, 0.05) is 17.1 Å². The van der Waals surface area contributed by atoms with Gasteiger partial charge in [-0.3, -0.25) is 0 Å². The van der Waals surface area contributed by atoms with E-state index in [1.165, 1.54) is 0 Å². The number of H-pyrrole nitrogens is 1. The number of rotatable bonds is 3. The van der Waals surface area contributed by atoms with Crippen molar-refractivity contribution in [3.05, 3.63) is 23.9 Å². The highest BCUT2D eigenvalue weighted by molar-refractivity contribution is 5.76. The Bertz CT molecular complexity index is 529. The van der Waals surface area contributed by atoms with Gasteiger partial charge in [-0.05, 0) is 31.9 Å². The standard InChI is InChI=1S/C12H14N2O2/c1-8-6-9-2-5-13-10(9)14-11(8)16-7-12(15)3-4-12/h2,5-6,15H,3-4,7H2,1H3,(H,13,14). The van der Waals surface area contributed by atoms with Crippen LogP contribution in [0.15, 0.2) is 18.3 Å². The minimum Gasteiger partial charge on any atom is -0.474 e. The molecule has 0 saturated heterocycles. The first-order valence-corrected chi connectivity index (χ1v) is 5.46. The summed E-state index contributed by atoms with van der Waals surface area (Å²) in [5.74, 6) is 0.607. The van der Waals surface area contributed by atoms with Crippen molar-refractivity contribution in [2.75, 3.05) is 6.61 Å². The van der Waals surface area contributed by atoms with Gasteiger partial charge < -0.3 is 14.8 Å². The molecule has 16 heavy (non-hydrogen) atoms. The molecule has 4 heteroatoms. The van der Waals surface area contributed by atoms with Crippen LogP contribution in [0.4, 0.5) is 0 Å². The van der Waals surface area contributed by atoms with Gasteiger partial charge in [0.2, 0.25) is 5.88 Å². The van der Waals surface area contributed by atoms with Gasteiger partial charge in [-0.15, -0.1) is 0 Å². The summed E-state index contributed by atoms with van der Waals surface area (Å²) in [6.07, 6.45) is 3.52. The highest BCUT2D eigenvalue weighted by atomic mass is 16.5. The summed E-state index contributed by atoms with van der Waals surface area (Å²) in [5, 5.41) is 10.8. The van der Waals surface area contributed by atoms with Crippen molar-refractivity contribution >= 4 is 11.0 Å².